The molecule has 2 aromatic carbocycles. The molecule has 0 saturated carbocycles. The summed E-state index contributed by atoms with van der Waals surface area (Å²) in [7, 11) is 0. The van der Waals surface area contributed by atoms with Gasteiger partial charge < -0.3 is 5.11 Å². The van der Waals surface area contributed by atoms with Crippen molar-refractivity contribution in [2.75, 3.05) is 0 Å². The zero-order valence-corrected chi connectivity index (χ0v) is 13.8. The highest BCUT2D eigenvalue weighted by Crippen LogP contribution is 2.30. The number of hydrogen-bond acceptors (Lipinski definition) is 2. The van der Waals surface area contributed by atoms with Crippen molar-refractivity contribution in [3.63, 3.8) is 0 Å². The molecular weight excluding hydrogens is 398 g/mol. The third-order valence-electron chi connectivity index (χ3n) is 3.15. The Balaban J connectivity index is 2.35. The average Bonchev–Trinajstić information content (AvgIpc) is 2.46. The third-order valence-corrected chi connectivity index (χ3v) is 4.34. The van der Waals surface area contributed by atoms with Crippen molar-refractivity contribution in [3.8, 4) is 11.3 Å². The summed E-state index contributed by atoms with van der Waals surface area (Å²) in [6, 6.07) is 14.6. The van der Waals surface area contributed by atoms with Gasteiger partial charge in [0.05, 0.1) is 16.8 Å². The lowest BCUT2D eigenvalue weighted by molar-refractivity contribution is 0.0699. The number of rotatable bonds is 2. The molecule has 0 aliphatic heterocycles. The molecule has 5 heteroatoms. The van der Waals surface area contributed by atoms with E-state index in [1.54, 1.807) is 12.1 Å². The van der Waals surface area contributed by atoms with Crippen LogP contribution in [-0.4, -0.2) is 16.1 Å². The van der Waals surface area contributed by atoms with E-state index in [2.05, 4.69) is 36.8 Å². The molecule has 21 heavy (non-hydrogen) atoms. The lowest BCUT2D eigenvalue weighted by Gasteiger charge is -2.09. The summed E-state index contributed by atoms with van der Waals surface area (Å²) in [6.07, 6.45) is 0. The van der Waals surface area contributed by atoms with Crippen molar-refractivity contribution in [2.45, 2.75) is 0 Å². The zero-order chi connectivity index (χ0) is 15.0. The molecule has 1 heterocycles. The Labute approximate surface area is 137 Å². The van der Waals surface area contributed by atoms with Gasteiger partial charge in [-0.2, -0.15) is 0 Å². The second-order valence-corrected chi connectivity index (χ2v) is 6.27. The number of nitrogens with zero attached hydrogens (tertiary/aromatic N) is 1. The first kappa shape index (κ1) is 14.2. The minimum Gasteiger partial charge on any atom is -0.478 e. The van der Waals surface area contributed by atoms with Crippen LogP contribution in [0, 0.1) is 0 Å². The number of hydrogen-bond donors (Lipinski definition) is 1. The minimum atomic E-state index is -0.960. The van der Waals surface area contributed by atoms with Gasteiger partial charge in [-0.1, -0.05) is 56.1 Å². The fraction of sp³-hybridized carbons (Fsp3) is 0. The summed E-state index contributed by atoms with van der Waals surface area (Å²) in [6.45, 7) is 0. The second kappa shape index (κ2) is 5.58. The number of aromatic nitrogens is 1. The van der Waals surface area contributed by atoms with Crippen LogP contribution in [0.25, 0.3) is 22.2 Å². The number of carbonyl (C=O) groups is 1. The molecular formula is C16H9Br2NO2. The number of halogens is 2. The third kappa shape index (κ3) is 2.71. The van der Waals surface area contributed by atoms with E-state index in [-0.39, 0.29) is 5.56 Å². The van der Waals surface area contributed by atoms with Crippen LogP contribution in [0.3, 0.4) is 0 Å². The predicted molar refractivity (Wildman–Crippen MR) is 89.5 cm³/mol. The molecule has 1 aromatic heterocycles. The number of fused-ring (bicyclic) bond motifs is 1. The quantitative estimate of drug-likeness (QED) is 0.642. The largest absolute Gasteiger partial charge is 0.478 e. The Kier molecular flexibility index (Phi) is 3.78. The van der Waals surface area contributed by atoms with Gasteiger partial charge in [0.1, 0.15) is 0 Å². The normalized spacial score (nSPS) is 10.8. The summed E-state index contributed by atoms with van der Waals surface area (Å²) in [5, 5.41) is 10.1. The molecule has 1 N–H and O–H groups in total. The van der Waals surface area contributed by atoms with Gasteiger partial charge in [-0.3, -0.25) is 0 Å². The molecule has 0 fully saturated rings. The number of pyridine rings is 1. The predicted octanol–water partition coefficient (Wildman–Crippen LogP) is 5.13. The number of carboxylic acid groups (broad SMARTS) is 1. The van der Waals surface area contributed by atoms with E-state index in [0.717, 1.165) is 14.5 Å². The summed E-state index contributed by atoms with van der Waals surface area (Å²) in [5.41, 5.74) is 2.39. The SMILES string of the molecule is O=C(O)c1cc(-c2ccccc2Br)nc2cc(Br)ccc12. The maximum Gasteiger partial charge on any atom is 0.336 e. The molecule has 0 radical (unpaired) electrons. The molecule has 3 aromatic rings. The van der Waals surface area contributed by atoms with E-state index in [1.165, 1.54) is 0 Å². The van der Waals surface area contributed by atoms with Crippen molar-refractivity contribution >= 4 is 48.7 Å². The first-order chi connectivity index (χ1) is 10.1. The van der Waals surface area contributed by atoms with Crippen LogP contribution in [0.1, 0.15) is 10.4 Å². The van der Waals surface area contributed by atoms with Crippen LogP contribution in [0.5, 0.6) is 0 Å². The van der Waals surface area contributed by atoms with Gasteiger partial charge in [0.2, 0.25) is 0 Å². The van der Waals surface area contributed by atoms with Gasteiger partial charge in [0.15, 0.2) is 0 Å². The highest BCUT2D eigenvalue weighted by Gasteiger charge is 2.14. The van der Waals surface area contributed by atoms with Crippen LogP contribution in [0.4, 0.5) is 0 Å². The van der Waals surface area contributed by atoms with Crippen molar-refractivity contribution in [1.82, 2.24) is 4.98 Å². The molecule has 0 atom stereocenters. The molecule has 0 amide bonds. The molecule has 3 nitrogen and oxygen atoms in total. The minimum absolute atomic E-state index is 0.248. The Morgan fingerprint density at radius 2 is 1.81 bits per heavy atom. The zero-order valence-electron chi connectivity index (χ0n) is 10.7. The molecule has 0 bridgehead atoms. The number of carboxylic acids is 1. The highest BCUT2D eigenvalue weighted by atomic mass is 79.9. The number of benzene rings is 2. The summed E-state index contributed by atoms with van der Waals surface area (Å²) in [5.74, 6) is -0.960. The Hall–Kier alpha value is -1.72. The van der Waals surface area contributed by atoms with Crippen molar-refractivity contribution in [2.24, 2.45) is 0 Å². The van der Waals surface area contributed by atoms with Crippen molar-refractivity contribution in [1.29, 1.82) is 0 Å². The fourth-order valence-electron chi connectivity index (χ4n) is 2.19. The molecule has 0 saturated heterocycles. The molecule has 0 aliphatic carbocycles. The van der Waals surface area contributed by atoms with Gasteiger partial charge in [-0.25, -0.2) is 9.78 Å². The first-order valence-electron chi connectivity index (χ1n) is 6.15. The summed E-state index contributed by atoms with van der Waals surface area (Å²) >= 11 is 6.87. The first-order valence-corrected chi connectivity index (χ1v) is 7.73. The Morgan fingerprint density at radius 3 is 2.52 bits per heavy atom. The van der Waals surface area contributed by atoms with E-state index in [4.69, 9.17) is 0 Å². The monoisotopic (exact) mass is 405 g/mol. The van der Waals surface area contributed by atoms with Gasteiger partial charge in [-0.15, -0.1) is 0 Å². The van der Waals surface area contributed by atoms with Gasteiger partial charge in [0.25, 0.3) is 0 Å². The van der Waals surface area contributed by atoms with Crippen LogP contribution >= 0.6 is 31.9 Å². The molecule has 3 rings (SSSR count). The lowest BCUT2D eigenvalue weighted by Crippen LogP contribution is -2.00. The Bertz CT molecular complexity index is 862. The average molecular weight is 407 g/mol. The topological polar surface area (TPSA) is 50.2 Å². The maximum atomic E-state index is 11.5. The van der Waals surface area contributed by atoms with Crippen LogP contribution in [0.2, 0.25) is 0 Å². The van der Waals surface area contributed by atoms with E-state index in [0.29, 0.717) is 16.6 Å². The second-order valence-electron chi connectivity index (χ2n) is 4.50. The summed E-state index contributed by atoms with van der Waals surface area (Å²) < 4.78 is 1.74. The van der Waals surface area contributed by atoms with E-state index >= 15 is 0 Å². The molecule has 104 valence electrons. The summed E-state index contributed by atoms with van der Waals surface area (Å²) in [4.78, 5) is 16.1. The van der Waals surface area contributed by atoms with Gasteiger partial charge in [0, 0.05) is 19.9 Å². The van der Waals surface area contributed by atoms with E-state index in [9.17, 15) is 9.90 Å². The molecule has 0 unspecified atom stereocenters. The fourth-order valence-corrected chi connectivity index (χ4v) is 3.02. The van der Waals surface area contributed by atoms with Gasteiger partial charge >= 0.3 is 5.97 Å². The Morgan fingerprint density at radius 1 is 1.05 bits per heavy atom. The van der Waals surface area contributed by atoms with Crippen molar-refractivity contribution in [3.05, 3.63) is 63.0 Å². The smallest absolute Gasteiger partial charge is 0.336 e. The van der Waals surface area contributed by atoms with Crippen LogP contribution in [-0.2, 0) is 0 Å². The molecule has 0 spiro atoms. The molecule has 0 aliphatic rings. The van der Waals surface area contributed by atoms with Crippen molar-refractivity contribution < 1.29 is 9.90 Å². The highest BCUT2D eigenvalue weighted by molar-refractivity contribution is 9.10. The standard InChI is InChI=1S/C16H9Br2NO2/c17-9-5-6-10-12(16(20)21)8-15(19-14(10)7-9)11-3-1-2-4-13(11)18/h1-8H,(H,20,21). The van der Waals surface area contributed by atoms with Crippen LogP contribution < -0.4 is 0 Å². The van der Waals surface area contributed by atoms with Crippen LogP contribution in [0.15, 0.2) is 57.5 Å². The maximum absolute atomic E-state index is 11.5. The number of aromatic carboxylic acids is 1. The lowest BCUT2D eigenvalue weighted by atomic mass is 10.0. The van der Waals surface area contributed by atoms with E-state index in [1.807, 2.05) is 36.4 Å². The van der Waals surface area contributed by atoms with E-state index < -0.39 is 5.97 Å². The van der Waals surface area contributed by atoms with Gasteiger partial charge in [-0.05, 0) is 24.3 Å².